The molecule has 3 aromatic rings. The molecule has 2 aliphatic rings. The zero-order valence-corrected chi connectivity index (χ0v) is 18.4. The van der Waals surface area contributed by atoms with Gasteiger partial charge in [0.15, 0.2) is 5.65 Å². The Balaban J connectivity index is 1.16. The van der Waals surface area contributed by atoms with Gasteiger partial charge in [-0.2, -0.15) is 0 Å². The van der Waals surface area contributed by atoms with Gasteiger partial charge in [-0.25, -0.2) is 9.97 Å². The molecule has 2 fully saturated rings. The van der Waals surface area contributed by atoms with Gasteiger partial charge in [0.25, 0.3) is 0 Å². The minimum absolute atomic E-state index is 0.0947. The molecule has 0 N–H and O–H groups in total. The molecule has 8 heteroatoms. The highest BCUT2D eigenvalue weighted by Crippen LogP contribution is 2.30. The van der Waals surface area contributed by atoms with E-state index in [0.717, 1.165) is 74.8 Å². The molecule has 0 bridgehead atoms. The molecular formula is C24H28N6O2. The highest BCUT2D eigenvalue weighted by Gasteiger charge is 2.31. The molecule has 0 aliphatic carbocycles. The smallest absolute Gasteiger partial charge is 0.225 e. The number of piperidine rings is 1. The van der Waals surface area contributed by atoms with Gasteiger partial charge in [-0.1, -0.05) is 12.1 Å². The topological polar surface area (TPSA) is 74.7 Å². The highest BCUT2D eigenvalue weighted by atomic mass is 16.5. The monoisotopic (exact) mass is 432 g/mol. The predicted molar refractivity (Wildman–Crippen MR) is 124 cm³/mol. The van der Waals surface area contributed by atoms with Crippen LogP contribution < -0.4 is 14.5 Å². The Kier molecular flexibility index (Phi) is 5.75. The molecule has 8 nitrogen and oxygen atoms in total. The molecule has 166 valence electrons. The summed E-state index contributed by atoms with van der Waals surface area (Å²) in [6.45, 7) is 4.87. The number of carbonyl (C=O) groups excluding carboxylic acids is 1. The van der Waals surface area contributed by atoms with Crippen molar-refractivity contribution < 1.29 is 9.53 Å². The maximum Gasteiger partial charge on any atom is 0.225 e. The van der Waals surface area contributed by atoms with Gasteiger partial charge in [-0.15, -0.1) is 0 Å². The minimum atomic E-state index is 0.0947. The van der Waals surface area contributed by atoms with E-state index in [1.54, 1.807) is 19.5 Å². The number of fused-ring (bicyclic) bond motifs is 1. The fraction of sp³-hybridized carbons (Fsp3) is 0.417. The number of para-hydroxylation sites is 2. The SMILES string of the molecule is COc1ccccc1N1CCN(C(=O)C2CCN(c3cnc4nccnc4c3)CC2)CC1. The van der Waals surface area contributed by atoms with Gasteiger partial charge in [-0.05, 0) is 31.0 Å². The first-order chi connectivity index (χ1) is 15.7. The van der Waals surface area contributed by atoms with Crippen LogP contribution in [0.3, 0.4) is 0 Å². The second-order valence-corrected chi connectivity index (χ2v) is 8.34. The summed E-state index contributed by atoms with van der Waals surface area (Å²) in [6, 6.07) is 10.1. The third-order valence-electron chi connectivity index (χ3n) is 6.54. The van der Waals surface area contributed by atoms with Crippen molar-refractivity contribution in [1.29, 1.82) is 0 Å². The largest absolute Gasteiger partial charge is 0.495 e. The predicted octanol–water partition coefficient (Wildman–Crippen LogP) is 2.60. The summed E-state index contributed by atoms with van der Waals surface area (Å²) in [7, 11) is 1.70. The maximum atomic E-state index is 13.2. The third-order valence-corrected chi connectivity index (χ3v) is 6.54. The van der Waals surface area contributed by atoms with Crippen molar-refractivity contribution in [3.63, 3.8) is 0 Å². The Morgan fingerprint density at radius 1 is 0.938 bits per heavy atom. The molecule has 0 unspecified atom stereocenters. The molecule has 2 aliphatic heterocycles. The van der Waals surface area contributed by atoms with Crippen LogP contribution in [0.5, 0.6) is 5.75 Å². The number of amides is 1. The van der Waals surface area contributed by atoms with E-state index in [4.69, 9.17) is 4.74 Å². The molecule has 4 heterocycles. The van der Waals surface area contributed by atoms with E-state index < -0.39 is 0 Å². The lowest BCUT2D eigenvalue weighted by Gasteiger charge is -2.40. The number of nitrogens with zero attached hydrogens (tertiary/aromatic N) is 6. The first-order valence-electron chi connectivity index (χ1n) is 11.2. The number of hydrogen-bond acceptors (Lipinski definition) is 7. The summed E-state index contributed by atoms with van der Waals surface area (Å²) in [6.07, 6.45) is 6.93. The normalized spacial score (nSPS) is 17.6. The van der Waals surface area contributed by atoms with Crippen molar-refractivity contribution >= 4 is 28.4 Å². The molecule has 2 saturated heterocycles. The summed E-state index contributed by atoms with van der Waals surface area (Å²) < 4.78 is 5.50. The number of rotatable bonds is 4. The van der Waals surface area contributed by atoms with Gasteiger partial charge in [0.05, 0.1) is 24.7 Å². The average Bonchev–Trinajstić information content (AvgIpc) is 2.88. The lowest BCUT2D eigenvalue weighted by atomic mass is 9.94. The Labute approximate surface area is 187 Å². The summed E-state index contributed by atoms with van der Waals surface area (Å²) in [5.41, 5.74) is 3.61. The van der Waals surface area contributed by atoms with Crippen LogP contribution in [0.15, 0.2) is 48.9 Å². The van der Waals surface area contributed by atoms with Crippen LogP contribution >= 0.6 is 0 Å². The number of methoxy groups -OCH3 is 1. The van der Waals surface area contributed by atoms with Crippen LogP contribution in [-0.4, -0.2) is 72.1 Å². The van der Waals surface area contributed by atoms with Gasteiger partial charge in [0, 0.05) is 57.6 Å². The van der Waals surface area contributed by atoms with E-state index in [1.807, 2.05) is 35.4 Å². The second-order valence-electron chi connectivity index (χ2n) is 8.34. The third kappa shape index (κ3) is 4.04. The van der Waals surface area contributed by atoms with Crippen LogP contribution in [0.4, 0.5) is 11.4 Å². The Morgan fingerprint density at radius 3 is 2.47 bits per heavy atom. The van der Waals surface area contributed by atoms with Gasteiger partial charge in [-0.3, -0.25) is 9.78 Å². The quantitative estimate of drug-likeness (QED) is 0.627. The van der Waals surface area contributed by atoms with Crippen molar-refractivity contribution in [1.82, 2.24) is 19.9 Å². The molecule has 0 radical (unpaired) electrons. The van der Waals surface area contributed by atoms with Gasteiger partial charge < -0.3 is 19.4 Å². The maximum absolute atomic E-state index is 13.2. The van der Waals surface area contributed by atoms with Crippen LogP contribution in [0.1, 0.15) is 12.8 Å². The number of pyridine rings is 1. The summed E-state index contributed by atoms with van der Waals surface area (Å²) >= 11 is 0. The molecule has 0 atom stereocenters. The lowest BCUT2D eigenvalue weighted by molar-refractivity contribution is -0.136. The van der Waals surface area contributed by atoms with Crippen molar-refractivity contribution in [3.8, 4) is 5.75 Å². The zero-order chi connectivity index (χ0) is 21.9. The van der Waals surface area contributed by atoms with Crippen LogP contribution in [-0.2, 0) is 4.79 Å². The fourth-order valence-corrected chi connectivity index (χ4v) is 4.72. The number of hydrogen-bond donors (Lipinski definition) is 0. The van der Waals surface area contributed by atoms with Crippen molar-refractivity contribution in [3.05, 3.63) is 48.9 Å². The van der Waals surface area contributed by atoms with E-state index in [2.05, 4.69) is 30.8 Å². The van der Waals surface area contributed by atoms with E-state index in [9.17, 15) is 4.79 Å². The minimum Gasteiger partial charge on any atom is -0.495 e. The Hall–Kier alpha value is -3.42. The first kappa shape index (κ1) is 20.5. The van der Waals surface area contributed by atoms with E-state index >= 15 is 0 Å². The molecule has 2 aromatic heterocycles. The number of ether oxygens (including phenoxy) is 1. The number of piperazine rings is 1. The summed E-state index contributed by atoms with van der Waals surface area (Å²) in [5, 5.41) is 0. The number of anilines is 2. The van der Waals surface area contributed by atoms with Crippen LogP contribution in [0, 0.1) is 5.92 Å². The number of benzene rings is 1. The van der Waals surface area contributed by atoms with Crippen molar-refractivity contribution in [2.24, 2.45) is 5.92 Å². The molecule has 1 amide bonds. The van der Waals surface area contributed by atoms with Gasteiger partial charge in [0.1, 0.15) is 11.3 Å². The zero-order valence-electron chi connectivity index (χ0n) is 18.4. The molecule has 0 spiro atoms. The van der Waals surface area contributed by atoms with Crippen LogP contribution in [0.2, 0.25) is 0 Å². The molecular weight excluding hydrogens is 404 g/mol. The van der Waals surface area contributed by atoms with Crippen molar-refractivity contribution in [2.75, 3.05) is 56.2 Å². The molecule has 1 aromatic carbocycles. The van der Waals surface area contributed by atoms with Crippen LogP contribution in [0.25, 0.3) is 11.2 Å². The molecule has 0 saturated carbocycles. The second kappa shape index (κ2) is 8.98. The summed E-state index contributed by atoms with van der Waals surface area (Å²) in [4.78, 5) is 32.8. The van der Waals surface area contributed by atoms with Gasteiger partial charge in [0.2, 0.25) is 5.91 Å². The molecule has 5 rings (SSSR count). The number of carbonyl (C=O) groups is 1. The van der Waals surface area contributed by atoms with E-state index in [1.165, 1.54) is 0 Å². The number of aromatic nitrogens is 3. The van der Waals surface area contributed by atoms with E-state index in [0.29, 0.717) is 11.6 Å². The Morgan fingerprint density at radius 2 is 1.69 bits per heavy atom. The molecule has 32 heavy (non-hydrogen) atoms. The highest BCUT2D eigenvalue weighted by molar-refractivity contribution is 5.80. The Bertz CT molecular complexity index is 1090. The fourth-order valence-electron chi connectivity index (χ4n) is 4.72. The standard InChI is InChI=1S/C24H28N6O2/c1-32-22-5-3-2-4-21(22)29-12-14-30(15-13-29)24(31)18-6-10-28(11-7-18)19-16-20-23(27-17-19)26-9-8-25-20/h2-5,8-9,16-18H,6-7,10-15H2,1H3. The van der Waals surface area contributed by atoms with E-state index in [-0.39, 0.29) is 5.92 Å². The van der Waals surface area contributed by atoms with Gasteiger partial charge >= 0.3 is 0 Å². The summed E-state index contributed by atoms with van der Waals surface area (Å²) in [5.74, 6) is 1.28. The van der Waals surface area contributed by atoms with Crippen molar-refractivity contribution in [2.45, 2.75) is 12.8 Å². The first-order valence-corrected chi connectivity index (χ1v) is 11.2. The average molecular weight is 433 g/mol. The lowest BCUT2D eigenvalue weighted by Crippen LogP contribution is -2.51.